The summed E-state index contributed by atoms with van der Waals surface area (Å²) in [5.74, 6) is -0.359. The number of carboxylic acid groups (broad SMARTS) is 1. The second-order valence-corrected chi connectivity index (χ2v) is 7.43. The first-order valence-electron chi connectivity index (χ1n) is 10.2. The molecule has 0 radical (unpaired) electrons. The van der Waals surface area contributed by atoms with Gasteiger partial charge in [0.25, 0.3) is 5.56 Å². The van der Waals surface area contributed by atoms with E-state index >= 15 is 0 Å². The van der Waals surface area contributed by atoms with Gasteiger partial charge < -0.3 is 34.9 Å². The largest absolute Gasteiger partial charge is 0.505 e. The van der Waals surface area contributed by atoms with E-state index in [-0.39, 0.29) is 5.69 Å². The van der Waals surface area contributed by atoms with Crippen molar-refractivity contribution in [3.05, 3.63) is 70.6 Å². The fourth-order valence-electron chi connectivity index (χ4n) is 3.43. The summed E-state index contributed by atoms with van der Waals surface area (Å²) < 4.78 is 11.9. The summed E-state index contributed by atoms with van der Waals surface area (Å²) in [6.45, 7) is 0. The number of urea groups is 1. The number of carboxylic acids is 1. The first-order chi connectivity index (χ1) is 16.2. The van der Waals surface area contributed by atoms with Crippen LogP contribution in [0.5, 0.6) is 17.2 Å². The standard InChI is InChI=1S/C24H25N3O7/c1-27-10-9-19(28)22(23(27)31)26-24(32)25-18(13-21(29)30)15-7-8-20(34-3)17(12-15)14-5-4-6-16(11-14)33-2/h4-12,18,28H,13H2,1-3H3,(H,29,30)(H2,25,26,32)/t18-/m0/s1. The average molecular weight is 467 g/mol. The maximum absolute atomic E-state index is 12.6. The number of aryl methyl sites for hydroxylation is 1. The van der Waals surface area contributed by atoms with Crippen molar-refractivity contribution in [1.29, 1.82) is 0 Å². The molecular formula is C24H25N3O7. The molecule has 0 spiro atoms. The number of amides is 2. The number of methoxy groups -OCH3 is 2. The summed E-state index contributed by atoms with van der Waals surface area (Å²) >= 11 is 0. The first kappa shape index (κ1) is 24.2. The summed E-state index contributed by atoms with van der Waals surface area (Å²) in [5, 5.41) is 24.3. The van der Waals surface area contributed by atoms with Crippen LogP contribution in [0.3, 0.4) is 0 Å². The lowest BCUT2D eigenvalue weighted by Crippen LogP contribution is -2.36. The van der Waals surface area contributed by atoms with E-state index in [0.717, 1.165) is 5.56 Å². The number of carbonyl (C=O) groups is 2. The van der Waals surface area contributed by atoms with Crippen molar-refractivity contribution in [3.63, 3.8) is 0 Å². The molecule has 0 saturated carbocycles. The van der Waals surface area contributed by atoms with Gasteiger partial charge in [-0.2, -0.15) is 0 Å². The number of aromatic nitrogens is 1. The van der Waals surface area contributed by atoms with Crippen LogP contribution in [0.1, 0.15) is 18.0 Å². The number of aliphatic carboxylic acids is 1. The van der Waals surface area contributed by atoms with E-state index in [0.29, 0.717) is 22.6 Å². The molecule has 2 amide bonds. The molecule has 0 aliphatic heterocycles. The second kappa shape index (κ2) is 10.4. The van der Waals surface area contributed by atoms with Gasteiger partial charge in [-0.25, -0.2) is 4.79 Å². The number of pyridine rings is 1. The molecule has 3 rings (SSSR count). The third kappa shape index (κ3) is 5.47. The fraction of sp³-hybridized carbons (Fsp3) is 0.208. The van der Waals surface area contributed by atoms with Crippen molar-refractivity contribution >= 4 is 17.7 Å². The summed E-state index contributed by atoms with van der Waals surface area (Å²) in [7, 11) is 4.54. The van der Waals surface area contributed by atoms with E-state index in [4.69, 9.17) is 9.47 Å². The summed E-state index contributed by atoms with van der Waals surface area (Å²) in [6, 6.07) is 11.8. The van der Waals surface area contributed by atoms with Gasteiger partial charge in [0.15, 0.2) is 5.69 Å². The fourth-order valence-corrected chi connectivity index (χ4v) is 3.43. The molecule has 4 N–H and O–H groups in total. The lowest BCUT2D eigenvalue weighted by atomic mass is 9.96. The summed E-state index contributed by atoms with van der Waals surface area (Å²) in [4.78, 5) is 36.4. The maximum Gasteiger partial charge on any atom is 0.319 e. The lowest BCUT2D eigenvalue weighted by molar-refractivity contribution is -0.137. The van der Waals surface area contributed by atoms with Crippen molar-refractivity contribution < 1.29 is 29.3 Å². The summed E-state index contributed by atoms with van der Waals surface area (Å²) in [6.07, 6.45) is 0.932. The normalized spacial score (nSPS) is 11.4. The maximum atomic E-state index is 12.6. The molecule has 2 aromatic carbocycles. The van der Waals surface area contributed by atoms with Crippen LogP contribution in [-0.4, -0.2) is 41.0 Å². The molecular weight excluding hydrogens is 442 g/mol. The van der Waals surface area contributed by atoms with E-state index in [1.807, 2.05) is 18.2 Å². The number of carbonyl (C=O) groups excluding carboxylic acids is 1. The molecule has 0 saturated heterocycles. The number of benzene rings is 2. The van der Waals surface area contributed by atoms with E-state index in [9.17, 15) is 24.6 Å². The highest BCUT2D eigenvalue weighted by atomic mass is 16.5. The van der Waals surface area contributed by atoms with Crippen LogP contribution in [-0.2, 0) is 11.8 Å². The number of hydrogen-bond donors (Lipinski definition) is 4. The zero-order chi connectivity index (χ0) is 24.8. The Kier molecular flexibility index (Phi) is 7.42. The average Bonchev–Trinajstić information content (AvgIpc) is 2.83. The minimum atomic E-state index is -1.14. The number of nitrogens with zero attached hydrogens (tertiary/aromatic N) is 1. The Morgan fingerprint density at radius 1 is 1.09 bits per heavy atom. The van der Waals surface area contributed by atoms with Crippen LogP contribution in [0, 0.1) is 0 Å². The monoisotopic (exact) mass is 467 g/mol. The van der Waals surface area contributed by atoms with Gasteiger partial charge in [0.1, 0.15) is 17.2 Å². The zero-order valence-corrected chi connectivity index (χ0v) is 18.9. The SMILES string of the molecule is COc1cccc(-c2cc([C@H](CC(=O)O)NC(=O)Nc3c(O)ccn(C)c3=O)ccc2OC)c1. The Hall–Kier alpha value is -4.47. The van der Waals surface area contributed by atoms with E-state index in [2.05, 4.69) is 10.6 Å². The van der Waals surface area contributed by atoms with Gasteiger partial charge in [-0.05, 0) is 41.5 Å². The van der Waals surface area contributed by atoms with Gasteiger partial charge in [-0.1, -0.05) is 18.2 Å². The number of ether oxygens (including phenoxy) is 2. The highest BCUT2D eigenvalue weighted by Gasteiger charge is 2.21. The topological polar surface area (TPSA) is 139 Å². The van der Waals surface area contributed by atoms with Crippen molar-refractivity contribution in [2.75, 3.05) is 19.5 Å². The van der Waals surface area contributed by atoms with Gasteiger partial charge in [-0.15, -0.1) is 0 Å². The third-order valence-electron chi connectivity index (χ3n) is 5.18. The van der Waals surface area contributed by atoms with Gasteiger partial charge in [-0.3, -0.25) is 9.59 Å². The molecule has 1 heterocycles. The van der Waals surface area contributed by atoms with Crippen molar-refractivity contribution in [3.8, 4) is 28.4 Å². The van der Waals surface area contributed by atoms with Crippen LogP contribution < -0.4 is 25.7 Å². The van der Waals surface area contributed by atoms with Crippen molar-refractivity contribution in [2.45, 2.75) is 12.5 Å². The first-order valence-corrected chi connectivity index (χ1v) is 10.2. The Labute approximate surface area is 195 Å². The molecule has 0 bridgehead atoms. The quantitative estimate of drug-likeness (QED) is 0.399. The summed E-state index contributed by atoms with van der Waals surface area (Å²) in [5.41, 5.74) is 1.01. The van der Waals surface area contributed by atoms with Crippen molar-refractivity contribution in [1.82, 2.24) is 9.88 Å². The molecule has 10 heteroatoms. The smallest absolute Gasteiger partial charge is 0.319 e. The van der Waals surface area contributed by atoms with Crippen LogP contribution >= 0.6 is 0 Å². The van der Waals surface area contributed by atoms with E-state index in [1.165, 1.54) is 31.0 Å². The lowest BCUT2D eigenvalue weighted by Gasteiger charge is -2.20. The van der Waals surface area contributed by atoms with Crippen LogP contribution in [0.25, 0.3) is 11.1 Å². The van der Waals surface area contributed by atoms with Gasteiger partial charge in [0, 0.05) is 18.8 Å². The van der Waals surface area contributed by atoms with Gasteiger partial charge in [0.05, 0.1) is 26.7 Å². The molecule has 1 aromatic heterocycles. The van der Waals surface area contributed by atoms with E-state index in [1.54, 1.807) is 31.4 Å². The van der Waals surface area contributed by atoms with Gasteiger partial charge in [0.2, 0.25) is 0 Å². The highest BCUT2D eigenvalue weighted by molar-refractivity contribution is 5.91. The number of nitrogens with one attached hydrogen (secondary N) is 2. The number of hydrogen-bond acceptors (Lipinski definition) is 6. The second-order valence-electron chi connectivity index (χ2n) is 7.43. The Balaban J connectivity index is 1.95. The minimum Gasteiger partial charge on any atom is -0.505 e. The van der Waals surface area contributed by atoms with Crippen LogP contribution in [0.2, 0.25) is 0 Å². The molecule has 0 aliphatic rings. The highest BCUT2D eigenvalue weighted by Crippen LogP contribution is 2.35. The van der Waals surface area contributed by atoms with Crippen molar-refractivity contribution in [2.24, 2.45) is 7.05 Å². The molecule has 1 atom stereocenters. The van der Waals surface area contributed by atoms with Crippen LogP contribution in [0.4, 0.5) is 10.5 Å². The third-order valence-corrected chi connectivity index (χ3v) is 5.18. The molecule has 10 nitrogen and oxygen atoms in total. The molecule has 0 fully saturated rings. The van der Waals surface area contributed by atoms with E-state index < -0.39 is 35.8 Å². The zero-order valence-electron chi connectivity index (χ0n) is 18.9. The Morgan fingerprint density at radius 3 is 2.53 bits per heavy atom. The Bertz CT molecular complexity index is 1270. The van der Waals surface area contributed by atoms with Crippen LogP contribution in [0.15, 0.2) is 59.5 Å². The minimum absolute atomic E-state index is 0.316. The molecule has 34 heavy (non-hydrogen) atoms. The van der Waals surface area contributed by atoms with Gasteiger partial charge >= 0.3 is 12.0 Å². The number of aromatic hydroxyl groups is 1. The predicted octanol–water partition coefficient (Wildman–Crippen LogP) is 3.11. The molecule has 0 aliphatic carbocycles. The number of anilines is 1. The predicted molar refractivity (Wildman–Crippen MR) is 125 cm³/mol. The number of rotatable bonds is 8. The molecule has 0 unspecified atom stereocenters. The molecule has 3 aromatic rings. The molecule has 178 valence electrons. The Morgan fingerprint density at radius 2 is 1.85 bits per heavy atom.